The van der Waals surface area contributed by atoms with Crippen molar-refractivity contribution in [1.29, 1.82) is 0 Å². The van der Waals surface area contributed by atoms with Crippen molar-refractivity contribution in [2.75, 3.05) is 31.1 Å². The zero-order valence-electron chi connectivity index (χ0n) is 13.6. The largest absolute Gasteiger partial charge is 0.353 e. The molecule has 2 aromatic rings. The first kappa shape index (κ1) is 18.3. The first-order valence-electron chi connectivity index (χ1n) is 8.11. The molecule has 0 atom stereocenters. The molecule has 132 valence electrons. The SMILES string of the molecule is O=C(CCc1ccc(Cl)cc1Cl)N1CCN(c2ccc(Cl)cn2)CC1. The molecule has 1 saturated heterocycles. The smallest absolute Gasteiger partial charge is 0.223 e. The van der Waals surface area contributed by atoms with E-state index in [-0.39, 0.29) is 5.91 Å². The second-order valence-corrected chi connectivity index (χ2v) is 7.22. The van der Waals surface area contributed by atoms with Gasteiger partial charge in [0, 0.05) is 48.8 Å². The summed E-state index contributed by atoms with van der Waals surface area (Å²) in [5, 5.41) is 1.84. The minimum absolute atomic E-state index is 0.148. The van der Waals surface area contributed by atoms with Crippen LogP contribution in [0.1, 0.15) is 12.0 Å². The predicted molar refractivity (Wildman–Crippen MR) is 103 cm³/mol. The third-order valence-electron chi connectivity index (χ3n) is 4.29. The van der Waals surface area contributed by atoms with Crippen LogP contribution in [0.3, 0.4) is 0 Å². The predicted octanol–water partition coefficient (Wildman–Crippen LogP) is 4.32. The van der Waals surface area contributed by atoms with Gasteiger partial charge in [-0.1, -0.05) is 40.9 Å². The van der Waals surface area contributed by atoms with E-state index in [1.165, 1.54) is 0 Å². The average molecular weight is 399 g/mol. The van der Waals surface area contributed by atoms with Crippen LogP contribution in [0, 0.1) is 0 Å². The molecule has 0 saturated carbocycles. The number of piperazine rings is 1. The number of aryl methyl sites for hydroxylation is 1. The van der Waals surface area contributed by atoms with Crippen molar-refractivity contribution in [1.82, 2.24) is 9.88 Å². The Morgan fingerprint density at radius 1 is 1.00 bits per heavy atom. The highest BCUT2D eigenvalue weighted by Crippen LogP contribution is 2.22. The summed E-state index contributed by atoms with van der Waals surface area (Å²) < 4.78 is 0. The highest BCUT2D eigenvalue weighted by atomic mass is 35.5. The van der Waals surface area contributed by atoms with Crippen molar-refractivity contribution in [3.05, 3.63) is 57.2 Å². The van der Waals surface area contributed by atoms with Gasteiger partial charge in [0.15, 0.2) is 0 Å². The molecule has 1 aliphatic rings. The molecule has 1 fully saturated rings. The Morgan fingerprint density at radius 2 is 1.72 bits per heavy atom. The van der Waals surface area contributed by atoms with Crippen LogP contribution in [0.2, 0.25) is 15.1 Å². The number of carbonyl (C=O) groups excluding carboxylic acids is 1. The first-order valence-corrected chi connectivity index (χ1v) is 9.24. The molecule has 0 aliphatic carbocycles. The Hall–Kier alpha value is -1.49. The van der Waals surface area contributed by atoms with Crippen LogP contribution in [-0.4, -0.2) is 42.0 Å². The van der Waals surface area contributed by atoms with E-state index in [9.17, 15) is 4.79 Å². The Bertz CT molecular complexity index is 744. The summed E-state index contributed by atoms with van der Waals surface area (Å²) in [6, 6.07) is 9.12. The maximum atomic E-state index is 12.4. The van der Waals surface area contributed by atoms with Gasteiger partial charge in [0.1, 0.15) is 5.82 Å². The molecule has 0 bridgehead atoms. The number of carbonyl (C=O) groups is 1. The highest BCUT2D eigenvalue weighted by molar-refractivity contribution is 6.35. The van der Waals surface area contributed by atoms with E-state index in [4.69, 9.17) is 34.8 Å². The van der Waals surface area contributed by atoms with Crippen molar-refractivity contribution >= 4 is 46.5 Å². The molecule has 1 aromatic carbocycles. The molecule has 1 aromatic heterocycles. The van der Waals surface area contributed by atoms with E-state index in [0.29, 0.717) is 41.0 Å². The lowest BCUT2D eigenvalue weighted by Gasteiger charge is -2.35. The lowest BCUT2D eigenvalue weighted by molar-refractivity contribution is -0.131. The molecular weight excluding hydrogens is 381 g/mol. The number of rotatable bonds is 4. The van der Waals surface area contributed by atoms with E-state index >= 15 is 0 Å². The van der Waals surface area contributed by atoms with Crippen molar-refractivity contribution in [3.8, 4) is 0 Å². The monoisotopic (exact) mass is 397 g/mol. The summed E-state index contributed by atoms with van der Waals surface area (Å²) >= 11 is 17.9. The normalized spacial score (nSPS) is 14.7. The third kappa shape index (κ3) is 4.78. The van der Waals surface area contributed by atoms with Gasteiger partial charge in [-0.2, -0.15) is 0 Å². The van der Waals surface area contributed by atoms with Gasteiger partial charge in [0.2, 0.25) is 5.91 Å². The Labute approximate surface area is 162 Å². The number of pyridine rings is 1. The number of hydrogen-bond acceptors (Lipinski definition) is 3. The number of aromatic nitrogens is 1. The van der Waals surface area contributed by atoms with Gasteiger partial charge in [-0.25, -0.2) is 4.98 Å². The molecule has 4 nitrogen and oxygen atoms in total. The topological polar surface area (TPSA) is 36.4 Å². The standard InChI is InChI=1S/C18H18Cl3N3O/c19-14-3-1-13(16(21)11-14)2-6-18(25)24-9-7-23(8-10-24)17-5-4-15(20)12-22-17/h1,3-5,11-12H,2,6-10H2. The minimum Gasteiger partial charge on any atom is -0.353 e. The Kier molecular flexibility index (Phi) is 6.05. The molecule has 1 amide bonds. The van der Waals surface area contributed by atoms with Crippen molar-refractivity contribution in [2.45, 2.75) is 12.8 Å². The fourth-order valence-corrected chi connectivity index (χ4v) is 3.48. The van der Waals surface area contributed by atoms with Gasteiger partial charge < -0.3 is 9.80 Å². The summed E-state index contributed by atoms with van der Waals surface area (Å²) in [6.45, 7) is 2.92. The molecule has 1 aliphatic heterocycles. The molecular formula is C18H18Cl3N3O. The number of hydrogen-bond donors (Lipinski definition) is 0. The lowest BCUT2D eigenvalue weighted by Crippen LogP contribution is -2.49. The fourth-order valence-electron chi connectivity index (χ4n) is 2.86. The molecule has 0 N–H and O–H groups in total. The summed E-state index contributed by atoms with van der Waals surface area (Å²) in [5.41, 5.74) is 0.948. The zero-order valence-corrected chi connectivity index (χ0v) is 15.9. The number of halogens is 3. The van der Waals surface area contributed by atoms with Crippen LogP contribution in [0.15, 0.2) is 36.5 Å². The summed E-state index contributed by atoms with van der Waals surface area (Å²) in [7, 11) is 0. The van der Waals surface area contributed by atoms with Crippen LogP contribution in [0.4, 0.5) is 5.82 Å². The molecule has 7 heteroatoms. The second-order valence-electron chi connectivity index (χ2n) is 5.94. The van der Waals surface area contributed by atoms with Gasteiger partial charge in [-0.05, 0) is 36.2 Å². The van der Waals surface area contributed by atoms with E-state index < -0.39 is 0 Å². The van der Waals surface area contributed by atoms with E-state index in [0.717, 1.165) is 24.5 Å². The second kappa shape index (κ2) is 8.26. The number of benzene rings is 1. The van der Waals surface area contributed by atoms with E-state index in [1.807, 2.05) is 23.1 Å². The highest BCUT2D eigenvalue weighted by Gasteiger charge is 2.21. The van der Waals surface area contributed by atoms with Crippen LogP contribution in [0.5, 0.6) is 0 Å². The summed E-state index contributed by atoms with van der Waals surface area (Å²) in [4.78, 5) is 20.8. The van der Waals surface area contributed by atoms with Crippen molar-refractivity contribution in [2.24, 2.45) is 0 Å². The van der Waals surface area contributed by atoms with Crippen LogP contribution < -0.4 is 4.90 Å². The number of anilines is 1. The van der Waals surface area contributed by atoms with Crippen LogP contribution in [-0.2, 0) is 11.2 Å². The van der Waals surface area contributed by atoms with Crippen LogP contribution >= 0.6 is 34.8 Å². The Morgan fingerprint density at radius 3 is 2.36 bits per heavy atom. The zero-order chi connectivity index (χ0) is 17.8. The first-order chi connectivity index (χ1) is 12.0. The van der Waals surface area contributed by atoms with Gasteiger partial charge >= 0.3 is 0 Å². The lowest BCUT2D eigenvalue weighted by atomic mass is 10.1. The molecule has 25 heavy (non-hydrogen) atoms. The number of nitrogens with zero attached hydrogens (tertiary/aromatic N) is 3. The quantitative estimate of drug-likeness (QED) is 0.769. The van der Waals surface area contributed by atoms with Crippen molar-refractivity contribution < 1.29 is 4.79 Å². The van der Waals surface area contributed by atoms with Gasteiger partial charge in [-0.3, -0.25) is 4.79 Å². The van der Waals surface area contributed by atoms with Gasteiger partial charge in [-0.15, -0.1) is 0 Å². The maximum Gasteiger partial charge on any atom is 0.223 e. The fraction of sp³-hybridized carbons (Fsp3) is 0.333. The number of amides is 1. The van der Waals surface area contributed by atoms with Gasteiger partial charge in [0.05, 0.1) is 5.02 Å². The summed E-state index contributed by atoms with van der Waals surface area (Å²) in [6.07, 6.45) is 2.71. The van der Waals surface area contributed by atoms with Crippen LogP contribution in [0.25, 0.3) is 0 Å². The summed E-state index contributed by atoms with van der Waals surface area (Å²) in [5.74, 6) is 1.04. The minimum atomic E-state index is 0.148. The molecule has 0 unspecified atom stereocenters. The Balaban J connectivity index is 1.50. The molecule has 2 heterocycles. The van der Waals surface area contributed by atoms with E-state index in [1.54, 1.807) is 18.3 Å². The molecule has 0 spiro atoms. The van der Waals surface area contributed by atoms with E-state index in [2.05, 4.69) is 9.88 Å². The molecule has 0 radical (unpaired) electrons. The van der Waals surface area contributed by atoms with Gasteiger partial charge in [0.25, 0.3) is 0 Å². The third-order valence-corrected chi connectivity index (χ3v) is 5.10. The molecule has 3 rings (SSSR count). The maximum absolute atomic E-state index is 12.4. The average Bonchev–Trinajstić information content (AvgIpc) is 2.61. The van der Waals surface area contributed by atoms with Crippen molar-refractivity contribution in [3.63, 3.8) is 0 Å².